The lowest BCUT2D eigenvalue weighted by atomic mass is 9.98. The molecule has 1 fully saturated rings. The standard InChI is InChI=1S/C25H32N2O4/c1-17(2)21-7-6-8-22(24(21)30-5)25(29)27-11-9-26(10-12-27)23(28)16-31-20-14-18(3)13-19(4)15-20/h6-8,13-15,17H,9-12,16H2,1-5H3. The van der Waals surface area contributed by atoms with E-state index < -0.39 is 0 Å². The summed E-state index contributed by atoms with van der Waals surface area (Å²) >= 11 is 0. The molecule has 2 aromatic carbocycles. The van der Waals surface area contributed by atoms with Crippen LogP contribution in [0.2, 0.25) is 0 Å². The second kappa shape index (κ2) is 9.86. The maximum Gasteiger partial charge on any atom is 0.260 e. The minimum Gasteiger partial charge on any atom is -0.496 e. The normalized spacial score (nSPS) is 14.0. The van der Waals surface area contributed by atoms with Crippen molar-refractivity contribution in [1.82, 2.24) is 9.80 Å². The zero-order valence-electron chi connectivity index (χ0n) is 19.1. The van der Waals surface area contributed by atoms with E-state index in [-0.39, 0.29) is 24.3 Å². The van der Waals surface area contributed by atoms with Crippen LogP contribution >= 0.6 is 0 Å². The van der Waals surface area contributed by atoms with Crippen molar-refractivity contribution in [2.45, 2.75) is 33.6 Å². The average Bonchev–Trinajstić information content (AvgIpc) is 2.75. The zero-order chi connectivity index (χ0) is 22.5. The summed E-state index contributed by atoms with van der Waals surface area (Å²) in [6.45, 7) is 10.1. The summed E-state index contributed by atoms with van der Waals surface area (Å²) in [5, 5.41) is 0. The Balaban J connectivity index is 1.58. The molecule has 1 aliphatic heterocycles. The molecule has 0 bridgehead atoms. The molecule has 1 aliphatic rings. The second-order valence-corrected chi connectivity index (χ2v) is 8.37. The first-order chi connectivity index (χ1) is 14.8. The largest absolute Gasteiger partial charge is 0.496 e. The van der Waals surface area contributed by atoms with Gasteiger partial charge in [0.05, 0.1) is 12.7 Å². The molecule has 0 spiro atoms. The highest BCUT2D eigenvalue weighted by Gasteiger charge is 2.27. The third-order valence-corrected chi connectivity index (χ3v) is 5.58. The number of methoxy groups -OCH3 is 1. The molecule has 0 saturated carbocycles. The quantitative estimate of drug-likeness (QED) is 0.708. The number of aryl methyl sites for hydroxylation is 2. The number of para-hydroxylation sites is 1. The van der Waals surface area contributed by atoms with Gasteiger partial charge in [-0.3, -0.25) is 9.59 Å². The highest BCUT2D eigenvalue weighted by Crippen LogP contribution is 2.31. The van der Waals surface area contributed by atoms with Gasteiger partial charge in [-0.1, -0.05) is 32.0 Å². The van der Waals surface area contributed by atoms with Crippen LogP contribution in [0.3, 0.4) is 0 Å². The van der Waals surface area contributed by atoms with Crippen LogP contribution in [0.25, 0.3) is 0 Å². The van der Waals surface area contributed by atoms with Crippen LogP contribution in [0.5, 0.6) is 11.5 Å². The molecule has 0 atom stereocenters. The molecule has 6 nitrogen and oxygen atoms in total. The third-order valence-electron chi connectivity index (χ3n) is 5.58. The molecule has 1 heterocycles. The second-order valence-electron chi connectivity index (χ2n) is 8.37. The number of piperazine rings is 1. The van der Waals surface area contributed by atoms with E-state index >= 15 is 0 Å². The Kier molecular flexibility index (Phi) is 7.21. The van der Waals surface area contributed by atoms with Crippen LogP contribution in [-0.4, -0.2) is 61.5 Å². The van der Waals surface area contributed by atoms with E-state index in [0.29, 0.717) is 43.2 Å². The van der Waals surface area contributed by atoms with Crippen LogP contribution < -0.4 is 9.47 Å². The number of hydrogen-bond donors (Lipinski definition) is 0. The first kappa shape index (κ1) is 22.7. The average molecular weight is 425 g/mol. The molecule has 31 heavy (non-hydrogen) atoms. The summed E-state index contributed by atoms with van der Waals surface area (Å²) in [6.07, 6.45) is 0. The Morgan fingerprint density at radius 1 is 0.968 bits per heavy atom. The van der Waals surface area contributed by atoms with Crippen LogP contribution in [0, 0.1) is 13.8 Å². The van der Waals surface area contributed by atoms with E-state index in [9.17, 15) is 9.59 Å². The smallest absolute Gasteiger partial charge is 0.260 e. The Hall–Kier alpha value is -3.02. The van der Waals surface area contributed by atoms with Crippen molar-refractivity contribution >= 4 is 11.8 Å². The Labute approximate surface area is 184 Å². The summed E-state index contributed by atoms with van der Waals surface area (Å²) in [4.78, 5) is 29.3. The third kappa shape index (κ3) is 5.37. The number of benzene rings is 2. The van der Waals surface area contributed by atoms with Gasteiger partial charge in [-0.05, 0) is 54.7 Å². The molecular weight excluding hydrogens is 392 g/mol. The Morgan fingerprint density at radius 3 is 2.16 bits per heavy atom. The van der Waals surface area contributed by atoms with E-state index in [1.54, 1.807) is 16.9 Å². The fraction of sp³-hybridized carbons (Fsp3) is 0.440. The maximum absolute atomic E-state index is 13.1. The van der Waals surface area contributed by atoms with Gasteiger partial charge in [0.1, 0.15) is 11.5 Å². The number of carbonyl (C=O) groups is 2. The van der Waals surface area contributed by atoms with Crippen LogP contribution in [0.15, 0.2) is 36.4 Å². The van der Waals surface area contributed by atoms with Crippen molar-refractivity contribution in [3.05, 3.63) is 58.7 Å². The molecule has 0 N–H and O–H groups in total. The van der Waals surface area contributed by atoms with Crippen molar-refractivity contribution in [3.63, 3.8) is 0 Å². The molecule has 0 aromatic heterocycles. The topological polar surface area (TPSA) is 59.1 Å². The molecule has 0 unspecified atom stereocenters. The first-order valence-electron chi connectivity index (χ1n) is 10.7. The highest BCUT2D eigenvalue weighted by molar-refractivity contribution is 5.97. The SMILES string of the molecule is COc1c(C(=O)N2CCN(C(=O)COc3cc(C)cc(C)c3)CC2)cccc1C(C)C. The molecule has 1 saturated heterocycles. The molecule has 6 heteroatoms. The van der Waals surface area contributed by atoms with Gasteiger partial charge >= 0.3 is 0 Å². The molecule has 0 radical (unpaired) electrons. The number of amides is 2. The number of rotatable bonds is 6. The lowest BCUT2D eigenvalue weighted by Crippen LogP contribution is -2.51. The fourth-order valence-electron chi connectivity index (χ4n) is 3.99. The molecule has 3 rings (SSSR count). The van der Waals surface area contributed by atoms with Crippen LogP contribution in [-0.2, 0) is 4.79 Å². The summed E-state index contributed by atoms with van der Waals surface area (Å²) in [6, 6.07) is 11.6. The summed E-state index contributed by atoms with van der Waals surface area (Å²) in [5.41, 5.74) is 3.80. The summed E-state index contributed by atoms with van der Waals surface area (Å²) in [7, 11) is 1.60. The van der Waals surface area contributed by atoms with Gasteiger partial charge < -0.3 is 19.3 Å². The van der Waals surface area contributed by atoms with Crippen molar-refractivity contribution in [3.8, 4) is 11.5 Å². The Morgan fingerprint density at radius 2 is 1.58 bits per heavy atom. The monoisotopic (exact) mass is 424 g/mol. The number of carbonyl (C=O) groups excluding carboxylic acids is 2. The van der Waals surface area contributed by atoms with E-state index in [2.05, 4.69) is 19.9 Å². The Bertz CT molecular complexity index is 926. The van der Waals surface area contributed by atoms with Gasteiger partial charge in [-0.2, -0.15) is 0 Å². The fourth-order valence-corrected chi connectivity index (χ4v) is 3.99. The van der Waals surface area contributed by atoms with Gasteiger partial charge in [0.2, 0.25) is 0 Å². The zero-order valence-corrected chi connectivity index (χ0v) is 19.1. The van der Waals surface area contributed by atoms with E-state index in [4.69, 9.17) is 9.47 Å². The predicted octanol–water partition coefficient (Wildman–Crippen LogP) is 3.80. The number of nitrogens with zero attached hydrogens (tertiary/aromatic N) is 2. The minimum atomic E-state index is -0.0642. The van der Waals surface area contributed by atoms with Crippen molar-refractivity contribution in [1.29, 1.82) is 0 Å². The summed E-state index contributed by atoms with van der Waals surface area (Å²) in [5.74, 6) is 1.48. The number of hydrogen-bond acceptors (Lipinski definition) is 4. The molecule has 0 aliphatic carbocycles. The van der Waals surface area contributed by atoms with Crippen LogP contribution in [0.4, 0.5) is 0 Å². The summed E-state index contributed by atoms with van der Waals surface area (Å²) < 4.78 is 11.3. The lowest BCUT2D eigenvalue weighted by molar-refractivity contribution is -0.134. The predicted molar refractivity (Wildman–Crippen MR) is 121 cm³/mol. The van der Waals surface area contributed by atoms with Gasteiger partial charge in [-0.15, -0.1) is 0 Å². The molecular formula is C25H32N2O4. The molecule has 166 valence electrons. The van der Waals surface area contributed by atoms with Gasteiger partial charge in [0.25, 0.3) is 11.8 Å². The van der Waals surface area contributed by atoms with Crippen molar-refractivity contribution in [2.75, 3.05) is 39.9 Å². The van der Waals surface area contributed by atoms with Gasteiger partial charge in [-0.25, -0.2) is 0 Å². The molecule has 2 aromatic rings. The van der Waals surface area contributed by atoms with E-state index in [0.717, 1.165) is 16.7 Å². The van der Waals surface area contributed by atoms with Crippen molar-refractivity contribution < 1.29 is 19.1 Å². The van der Waals surface area contributed by atoms with Gasteiger partial charge in [0, 0.05) is 26.2 Å². The maximum atomic E-state index is 13.1. The first-order valence-corrected chi connectivity index (χ1v) is 10.7. The minimum absolute atomic E-state index is 0.00109. The lowest BCUT2D eigenvalue weighted by Gasteiger charge is -2.35. The van der Waals surface area contributed by atoms with E-state index in [1.165, 1.54) is 0 Å². The highest BCUT2D eigenvalue weighted by atomic mass is 16.5. The molecule has 2 amide bonds. The van der Waals surface area contributed by atoms with Crippen LogP contribution in [0.1, 0.15) is 46.8 Å². The van der Waals surface area contributed by atoms with E-state index in [1.807, 2.05) is 44.2 Å². The number of ether oxygens (including phenoxy) is 2. The van der Waals surface area contributed by atoms with Crippen molar-refractivity contribution in [2.24, 2.45) is 0 Å². The van der Waals surface area contributed by atoms with Gasteiger partial charge in [0.15, 0.2) is 6.61 Å².